The molecule has 1 aromatic rings. The molecule has 90 valence electrons. The predicted octanol–water partition coefficient (Wildman–Crippen LogP) is 2.26. The maximum atomic E-state index is 10.9. The van der Waals surface area contributed by atoms with E-state index < -0.39 is 10.9 Å². The first-order valence-electron chi connectivity index (χ1n) is 5.37. The van der Waals surface area contributed by atoms with Crippen molar-refractivity contribution in [2.75, 3.05) is 5.32 Å². The van der Waals surface area contributed by atoms with E-state index in [1.165, 1.54) is 12.1 Å². The molecule has 1 saturated carbocycles. The zero-order valence-electron chi connectivity index (χ0n) is 9.05. The molecule has 0 aromatic heterocycles. The summed E-state index contributed by atoms with van der Waals surface area (Å²) >= 11 is 0. The second kappa shape index (κ2) is 4.40. The summed E-state index contributed by atoms with van der Waals surface area (Å²) in [5, 5.41) is 22.9. The van der Waals surface area contributed by atoms with Crippen LogP contribution in [0.5, 0.6) is 0 Å². The molecule has 1 aliphatic rings. The second-order valence-electron chi connectivity index (χ2n) is 4.04. The molecular weight excluding hydrogens is 224 g/mol. The van der Waals surface area contributed by atoms with Gasteiger partial charge in [0.05, 0.1) is 4.92 Å². The lowest BCUT2D eigenvalue weighted by Gasteiger charge is -2.27. The summed E-state index contributed by atoms with van der Waals surface area (Å²) in [6.07, 6.45) is 3.03. The average molecular weight is 236 g/mol. The lowest BCUT2D eigenvalue weighted by Crippen LogP contribution is -2.27. The molecule has 0 bridgehead atoms. The molecule has 2 rings (SSSR count). The van der Waals surface area contributed by atoms with Gasteiger partial charge in [-0.1, -0.05) is 6.07 Å². The van der Waals surface area contributed by atoms with E-state index in [9.17, 15) is 14.9 Å². The van der Waals surface area contributed by atoms with Crippen molar-refractivity contribution < 1.29 is 14.8 Å². The number of nitrogens with zero attached hydrogens (tertiary/aromatic N) is 1. The first-order chi connectivity index (χ1) is 8.09. The Labute approximate surface area is 97.4 Å². The Morgan fingerprint density at radius 2 is 2.18 bits per heavy atom. The predicted molar refractivity (Wildman–Crippen MR) is 61.3 cm³/mol. The minimum atomic E-state index is -1.28. The molecule has 1 aromatic carbocycles. The Kier molecular flexibility index (Phi) is 2.95. The highest BCUT2D eigenvalue weighted by Gasteiger charge is 2.26. The first-order valence-corrected chi connectivity index (χ1v) is 5.37. The van der Waals surface area contributed by atoms with E-state index in [0.717, 1.165) is 19.3 Å². The number of aromatic carboxylic acids is 1. The highest BCUT2D eigenvalue weighted by molar-refractivity contribution is 5.95. The SMILES string of the molecule is O=C(O)c1cccc(NC2CCC2)c1[N+](=O)[O-]. The van der Waals surface area contributed by atoms with E-state index in [4.69, 9.17) is 5.11 Å². The van der Waals surface area contributed by atoms with Gasteiger partial charge in [-0.05, 0) is 31.4 Å². The molecular formula is C11H12N2O4. The van der Waals surface area contributed by atoms with Crippen molar-refractivity contribution in [3.05, 3.63) is 33.9 Å². The summed E-state index contributed by atoms with van der Waals surface area (Å²) in [5.74, 6) is -1.28. The maximum Gasteiger partial charge on any atom is 0.342 e. The number of nitro groups is 1. The number of carbonyl (C=O) groups is 1. The number of rotatable bonds is 4. The van der Waals surface area contributed by atoms with Crippen LogP contribution in [0.1, 0.15) is 29.6 Å². The summed E-state index contributed by atoms with van der Waals surface area (Å²) in [7, 11) is 0. The van der Waals surface area contributed by atoms with Crippen LogP contribution >= 0.6 is 0 Å². The molecule has 0 saturated heterocycles. The second-order valence-corrected chi connectivity index (χ2v) is 4.04. The molecule has 0 atom stereocenters. The van der Waals surface area contributed by atoms with Crippen LogP contribution < -0.4 is 5.32 Å². The first kappa shape index (κ1) is 11.4. The molecule has 0 aliphatic heterocycles. The van der Waals surface area contributed by atoms with Crippen LogP contribution in [0.25, 0.3) is 0 Å². The molecule has 17 heavy (non-hydrogen) atoms. The highest BCUT2D eigenvalue weighted by atomic mass is 16.6. The number of nitro benzene ring substituents is 1. The van der Waals surface area contributed by atoms with Gasteiger partial charge in [0.15, 0.2) is 0 Å². The van der Waals surface area contributed by atoms with Crippen LogP contribution in [-0.4, -0.2) is 22.0 Å². The van der Waals surface area contributed by atoms with E-state index in [1.54, 1.807) is 6.07 Å². The van der Waals surface area contributed by atoms with Crippen LogP contribution in [0, 0.1) is 10.1 Å². The van der Waals surface area contributed by atoms with Gasteiger partial charge in [0.25, 0.3) is 0 Å². The lowest BCUT2D eigenvalue weighted by atomic mass is 9.92. The standard InChI is InChI=1S/C11H12N2O4/c14-11(15)8-5-2-6-9(10(8)13(16)17)12-7-3-1-4-7/h2,5-7,12H,1,3-4H2,(H,14,15). The van der Waals surface area contributed by atoms with Crippen LogP contribution in [-0.2, 0) is 0 Å². The number of para-hydroxylation sites is 1. The zero-order chi connectivity index (χ0) is 12.4. The molecule has 0 amide bonds. The summed E-state index contributed by atoms with van der Waals surface area (Å²) in [6, 6.07) is 4.52. The third kappa shape index (κ3) is 2.20. The number of benzene rings is 1. The van der Waals surface area contributed by atoms with Crippen molar-refractivity contribution in [1.82, 2.24) is 0 Å². The van der Waals surface area contributed by atoms with Crippen molar-refractivity contribution >= 4 is 17.3 Å². The van der Waals surface area contributed by atoms with Crippen molar-refractivity contribution in [1.29, 1.82) is 0 Å². The van der Waals surface area contributed by atoms with Crippen molar-refractivity contribution in [2.45, 2.75) is 25.3 Å². The van der Waals surface area contributed by atoms with Gasteiger partial charge in [0.1, 0.15) is 11.3 Å². The third-order valence-electron chi connectivity index (χ3n) is 2.91. The van der Waals surface area contributed by atoms with E-state index in [1.807, 2.05) is 0 Å². The van der Waals surface area contributed by atoms with E-state index in [0.29, 0.717) is 5.69 Å². The van der Waals surface area contributed by atoms with Gasteiger partial charge in [-0.2, -0.15) is 0 Å². The number of hydrogen-bond donors (Lipinski definition) is 2. The van der Waals surface area contributed by atoms with E-state index in [2.05, 4.69) is 5.32 Å². The minimum absolute atomic E-state index is 0.220. The monoisotopic (exact) mass is 236 g/mol. The Bertz CT molecular complexity index is 469. The average Bonchev–Trinajstić information content (AvgIpc) is 2.22. The lowest BCUT2D eigenvalue weighted by molar-refractivity contribution is -0.384. The van der Waals surface area contributed by atoms with Gasteiger partial charge in [-0.15, -0.1) is 0 Å². The Balaban J connectivity index is 2.38. The smallest absolute Gasteiger partial charge is 0.342 e. The fourth-order valence-corrected chi connectivity index (χ4v) is 1.80. The normalized spacial score (nSPS) is 15.1. The van der Waals surface area contributed by atoms with Gasteiger partial charge >= 0.3 is 11.7 Å². The van der Waals surface area contributed by atoms with E-state index >= 15 is 0 Å². The topological polar surface area (TPSA) is 92.5 Å². The van der Waals surface area contributed by atoms with Gasteiger partial charge in [0.2, 0.25) is 0 Å². The summed E-state index contributed by atoms with van der Waals surface area (Å²) < 4.78 is 0. The molecule has 1 aliphatic carbocycles. The summed E-state index contributed by atoms with van der Waals surface area (Å²) in [4.78, 5) is 21.2. The van der Waals surface area contributed by atoms with Crippen LogP contribution in [0.3, 0.4) is 0 Å². The van der Waals surface area contributed by atoms with Gasteiger partial charge in [-0.3, -0.25) is 10.1 Å². The number of carboxylic acid groups (broad SMARTS) is 1. The van der Waals surface area contributed by atoms with Crippen molar-refractivity contribution in [2.24, 2.45) is 0 Å². The molecule has 0 unspecified atom stereocenters. The van der Waals surface area contributed by atoms with Crippen molar-refractivity contribution in [3.63, 3.8) is 0 Å². The highest BCUT2D eigenvalue weighted by Crippen LogP contribution is 2.32. The summed E-state index contributed by atoms with van der Waals surface area (Å²) in [5.41, 5.74) is -0.342. The van der Waals surface area contributed by atoms with Gasteiger partial charge < -0.3 is 10.4 Å². The van der Waals surface area contributed by atoms with Crippen molar-refractivity contribution in [3.8, 4) is 0 Å². The Hall–Kier alpha value is -2.11. The molecule has 6 nitrogen and oxygen atoms in total. The molecule has 2 N–H and O–H groups in total. The maximum absolute atomic E-state index is 10.9. The molecule has 0 spiro atoms. The zero-order valence-corrected chi connectivity index (χ0v) is 9.05. The largest absolute Gasteiger partial charge is 0.477 e. The number of anilines is 1. The number of carboxylic acids is 1. The Morgan fingerprint density at radius 3 is 2.65 bits per heavy atom. The third-order valence-corrected chi connectivity index (χ3v) is 2.91. The fourth-order valence-electron chi connectivity index (χ4n) is 1.80. The minimum Gasteiger partial charge on any atom is -0.477 e. The van der Waals surface area contributed by atoms with Crippen LogP contribution in [0.15, 0.2) is 18.2 Å². The summed E-state index contributed by atoms with van der Waals surface area (Å²) in [6.45, 7) is 0. The quantitative estimate of drug-likeness (QED) is 0.617. The number of hydrogen-bond acceptors (Lipinski definition) is 4. The molecule has 0 radical (unpaired) electrons. The molecule has 1 fully saturated rings. The van der Waals surface area contributed by atoms with E-state index in [-0.39, 0.29) is 17.3 Å². The molecule has 0 heterocycles. The molecule has 6 heteroatoms. The number of nitrogens with one attached hydrogen (secondary N) is 1. The van der Waals surface area contributed by atoms with Gasteiger partial charge in [0, 0.05) is 6.04 Å². The fraction of sp³-hybridized carbons (Fsp3) is 0.364. The van der Waals surface area contributed by atoms with Gasteiger partial charge in [-0.25, -0.2) is 4.79 Å². The van der Waals surface area contributed by atoms with Crippen LogP contribution in [0.4, 0.5) is 11.4 Å². The van der Waals surface area contributed by atoms with Crippen LogP contribution in [0.2, 0.25) is 0 Å². The Morgan fingerprint density at radius 1 is 1.47 bits per heavy atom.